The standard InChI is InChI=1S/C14H18O4S/c1-4-10(7-8-11-6-5-9-19-11)12(13(15)17-2)14(16)18-3/h4-6,9-10,12H,1,7-8H2,2-3H3/t10-/m0/s1. The van der Waals surface area contributed by atoms with Gasteiger partial charge in [0.1, 0.15) is 0 Å². The van der Waals surface area contributed by atoms with E-state index in [2.05, 4.69) is 16.1 Å². The number of esters is 2. The Morgan fingerprint density at radius 3 is 2.42 bits per heavy atom. The van der Waals surface area contributed by atoms with E-state index in [0.717, 1.165) is 6.42 Å². The molecular formula is C14H18O4S. The molecular weight excluding hydrogens is 264 g/mol. The predicted octanol–water partition coefficient (Wildman–Crippen LogP) is 2.45. The minimum Gasteiger partial charge on any atom is -0.468 e. The number of carbonyl (C=O) groups is 2. The van der Waals surface area contributed by atoms with Crippen molar-refractivity contribution in [3.63, 3.8) is 0 Å². The third-order valence-corrected chi connectivity index (χ3v) is 3.88. The highest BCUT2D eigenvalue weighted by Gasteiger charge is 2.34. The van der Waals surface area contributed by atoms with E-state index in [-0.39, 0.29) is 5.92 Å². The van der Waals surface area contributed by atoms with Gasteiger partial charge in [-0.05, 0) is 24.3 Å². The molecule has 1 aromatic heterocycles. The summed E-state index contributed by atoms with van der Waals surface area (Å²) in [5.74, 6) is -2.39. The van der Waals surface area contributed by atoms with Crippen molar-refractivity contribution < 1.29 is 19.1 Å². The first kappa shape index (κ1) is 15.4. The number of thiophene rings is 1. The van der Waals surface area contributed by atoms with Crippen LogP contribution in [-0.4, -0.2) is 26.2 Å². The molecule has 0 fully saturated rings. The van der Waals surface area contributed by atoms with Crippen molar-refractivity contribution in [3.8, 4) is 0 Å². The van der Waals surface area contributed by atoms with Crippen LogP contribution in [0.15, 0.2) is 30.2 Å². The molecule has 4 nitrogen and oxygen atoms in total. The van der Waals surface area contributed by atoms with Gasteiger partial charge in [0.15, 0.2) is 5.92 Å². The summed E-state index contributed by atoms with van der Waals surface area (Å²) in [6, 6.07) is 4.00. The van der Waals surface area contributed by atoms with E-state index in [1.54, 1.807) is 17.4 Å². The topological polar surface area (TPSA) is 52.6 Å². The number of rotatable bonds is 7. The van der Waals surface area contributed by atoms with Crippen LogP contribution in [0.4, 0.5) is 0 Å². The van der Waals surface area contributed by atoms with Crippen LogP contribution in [0, 0.1) is 11.8 Å². The molecule has 0 N–H and O–H groups in total. The molecule has 0 aromatic carbocycles. The second kappa shape index (κ2) is 7.74. The van der Waals surface area contributed by atoms with Crippen LogP contribution in [0.25, 0.3) is 0 Å². The number of ether oxygens (including phenoxy) is 2. The monoisotopic (exact) mass is 282 g/mol. The molecule has 0 unspecified atom stereocenters. The molecule has 0 aliphatic rings. The van der Waals surface area contributed by atoms with Gasteiger partial charge in [0.25, 0.3) is 0 Å². The number of allylic oxidation sites excluding steroid dienone is 1. The van der Waals surface area contributed by atoms with E-state index in [0.29, 0.717) is 6.42 Å². The van der Waals surface area contributed by atoms with E-state index < -0.39 is 17.9 Å². The van der Waals surface area contributed by atoms with Crippen molar-refractivity contribution >= 4 is 23.3 Å². The Morgan fingerprint density at radius 2 is 2.00 bits per heavy atom. The lowest BCUT2D eigenvalue weighted by Crippen LogP contribution is -2.32. The van der Waals surface area contributed by atoms with Gasteiger partial charge in [-0.1, -0.05) is 12.1 Å². The summed E-state index contributed by atoms with van der Waals surface area (Å²) in [6.45, 7) is 3.70. The van der Waals surface area contributed by atoms with Crippen LogP contribution in [0.1, 0.15) is 11.3 Å². The molecule has 0 aliphatic heterocycles. The number of aryl methyl sites for hydroxylation is 1. The van der Waals surface area contributed by atoms with Gasteiger partial charge in [-0.25, -0.2) is 0 Å². The van der Waals surface area contributed by atoms with Crippen LogP contribution in [0.3, 0.4) is 0 Å². The average Bonchev–Trinajstić information content (AvgIpc) is 2.95. The summed E-state index contributed by atoms with van der Waals surface area (Å²) in [5, 5.41) is 2.00. The summed E-state index contributed by atoms with van der Waals surface area (Å²) in [5.41, 5.74) is 0. The molecule has 0 aliphatic carbocycles. The van der Waals surface area contributed by atoms with Crippen molar-refractivity contribution in [1.82, 2.24) is 0 Å². The molecule has 1 atom stereocenters. The highest BCUT2D eigenvalue weighted by molar-refractivity contribution is 7.09. The fourth-order valence-electron chi connectivity index (χ4n) is 1.88. The van der Waals surface area contributed by atoms with Crippen LogP contribution in [0.2, 0.25) is 0 Å². The summed E-state index contributed by atoms with van der Waals surface area (Å²) >= 11 is 1.65. The summed E-state index contributed by atoms with van der Waals surface area (Å²) in [6.07, 6.45) is 3.06. The van der Waals surface area contributed by atoms with E-state index >= 15 is 0 Å². The minimum absolute atomic E-state index is 0.290. The molecule has 104 valence electrons. The maximum Gasteiger partial charge on any atom is 0.320 e. The number of hydrogen-bond acceptors (Lipinski definition) is 5. The van der Waals surface area contributed by atoms with Crippen LogP contribution in [0.5, 0.6) is 0 Å². The first-order valence-corrected chi connectivity index (χ1v) is 6.82. The van der Waals surface area contributed by atoms with E-state index in [1.165, 1.54) is 19.1 Å². The predicted molar refractivity (Wildman–Crippen MR) is 73.8 cm³/mol. The quantitative estimate of drug-likeness (QED) is 0.438. The van der Waals surface area contributed by atoms with Crippen molar-refractivity contribution in [2.24, 2.45) is 11.8 Å². The second-order valence-corrected chi connectivity index (χ2v) is 5.07. The van der Waals surface area contributed by atoms with Gasteiger partial charge in [-0.2, -0.15) is 0 Å². The van der Waals surface area contributed by atoms with Crippen LogP contribution < -0.4 is 0 Å². The molecule has 19 heavy (non-hydrogen) atoms. The van der Waals surface area contributed by atoms with Crippen molar-refractivity contribution in [2.45, 2.75) is 12.8 Å². The van der Waals surface area contributed by atoms with Crippen molar-refractivity contribution in [2.75, 3.05) is 14.2 Å². The Bertz CT molecular complexity index is 409. The normalized spacial score (nSPS) is 11.9. The Kier molecular flexibility index (Phi) is 6.29. The summed E-state index contributed by atoms with van der Waals surface area (Å²) < 4.78 is 9.34. The molecule has 0 bridgehead atoms. The highest BCUT2D eigenvalue weighted by Crippen LogP contribution is 2.23. The molecule has 0 radical (unpaired) electrons. The number of hydrogen-bond donors (Lipinski definition) is 0. The fourth-order valence-corrected chi connectivity index (χ4v) is 2.61. The first-order chi connectivity index (χ1) is 9.13. The molecule has 1 rings (SSSR count). The molecule has 0 amide bonds. The van der Waals surface area contributed by atoms with Crippen molar-refractivity contribution in [3.05, 3.63) is 35.0 Å². The van der Waals surface area contributed by atoms with E-state index in [9.17, 15) is 9.59 Å². The van der Waals surface area contributed by atoms with Gasteiger partial charge in [0.2, 0.25) is 0 Å². The third kappa shape index (κ3) is 4.21. The molecule has 0 saturated heterocycles. The Balaban J connectivity index is 2.75. The zero-order chi connectivity index (χ0) is 14.3. The smallest absolute Gasteiger partial charge is 0.320 e. The van der Waals surface area contributed by atoms with Gasteiger partial charge in [0, 0.05) is 10.8 Å². The molecule has 5 heteroatoms. The lowest BCUT2D eigenvalue weighted by Gasteiger charge is -2.19. The Hall–Kier alpha value is -1.62. The van der Waals surface area contributed by atoms with Crippen molar-refractivity contribution in [1.29, 1.82) is 0 Å². The SMILES string of the molecule is C=C[C@@H](CCc1cccs1)C(C(=O)OC)C(=O)OC. The number of carbonyl (C=O) groups excluding carboxylic acids is 2. The minimum atomic E-state index is -0.938. The molecule has 0 spiro atoms. The van der Waals surface area contributed by atoms with Gasteiger partial charge in [-0.3, -0.25) is 9.59 Å². The maximum atomic E-state index is 11.7. The second-order valence-electron chi connectivity index (χ2n) is 4.04. The van der Waals surface area contributed by atoms with Crippen LogP contribution in [-0.2, 0) is 25.5 Å². The summed E-state index contributed by atoms with van der Waals surface area (Å²) in [4.78, 5) is 24.6. The van der Waals surface area contributed by atoms with Gasteiger partial charge in [0.05, 0.1) is 14.2 Å². The van der Waals surface area contributed by atoms with E-state index in [4.69, 9.17) is 0 Å². The molecule has 1 aromatic rings. The van der Waals surface area contributed by atoms with Gasteiger partial charge >= 0.3 is 11.9 Å². The highest BCUT2D eigenvalue weighted by atomic mass is 32.1. The van der Waals surface area contributed by atoms with Gasteiger partial charge in [-0.15, -0.1) is 17.9 Å². The zero-order valence-corrected chi connectivity index (χ0v) is 11.9. The number of methoxy groups -OCH3 is 2. The average molecular weight is 282 g/mol. The Morgan fingerprint density at radius 1 is 1.37 bits per heavy atom. The molecule has 0 saturated carbocycles. The largest absolute Gasteiger partial charge is 0.468 e. The lowest BCUT2D eigenvalue weighted by atomic mass is 9.88. The van der Waals surface area contributed by atoms with Crippen LogP contribution >= 0.6 is 11.3 Å². The van der Waals surface area contributed by atoms with E-state index in [1.807, 2.05) is 17.5 Å². The van der Waals surface area contributed by atoms with Gasteiger partial charge < -0.3 is 9.47 Å². The summed E-state index contributed by atoms with van der Waals surface area (Å²) in [7, 11) is 2.52. The fraction of sp³-hybridized carbons (Fsp3) is 0.429. The Labute approximate surface area is 117 Å². The maximum absolute atomic E-state index is 11.7. The lowest BCUT2D eigenvalue weighted by molar-refractivity contribution is -0.160. The first-order valence-electron chi connectivity index (χ1n) is 5.94. The third-order valence-electron chi connectivity index (χ3n) is 2.95. The molecule has 1 heterocycles. The zero-order valence-electron chi connectivity index (χ0n) is 11.1.